The van der Waals surface area contributed by atoms with Crippen LogP contribution >= 0.6 is 0 Å². The molecule has 14 heteroatoms. The van der Waals surface area contributed by atoms with Gasteiger partial charge >= 0.3 is 12.2 Å². The van der Waals surface area contributed by atoms with E-state index in [1.165, 1.54) is 4.90 Å². The summed E-state index contributed by atoms with van der Waals surface area (Å²) in [7, 11) is -5.03. The molecular weight excluding hydrogens is 709 g/mol. The van der Waals surface area contributed by atoms with Crippen LogP contribution < -0.4 is 0 Å². The van der Waals surface area contributed by atoms with Crippen molar-refractivity contribution in [3.8, 4) is 22.4 Å². The van der Waals surface area contributed by atoms with E-state index in [1.807, 2.05) is 56.0 Å². The van der Waals surface area contributed by atoms with Crippen LogP contribution in [0.4, 0.5) is 9.59 Å². The third-order valence-electron chi connectivity index (χ3n) is 9.66. The van der Waals surface area contributed by atoms with Gasteiger partial charge in [0, 0.05) is 18.1 Å². The number of nitrogens with zero attached hydrogens (tertiary/aromatic N) is 4. The van der Waals surface area contributed by atoms with E-state index in [0.29, 0.717) is 11.5 Å². The standard InChI is InChI=1S/C39H48N6O6SSi/c1-38(2,3)50-36(46)44-17-18-52(48,49)21-31(44)34-40-20-30(42-34)25-11-9-24(10-12-25)26-13-15-28-27(19-26)14-16-29-33(28)43-35(41-29)32-22-53(7,8)23-45(32)37(47)51-39(4,5)6/h9-16,19-20,31-32H,17-18,21-23H2,1-8H3,(H,40,42)(H,41,43)/t31-,32-/m0/s1. The Morgan fingerprint density at radius 2 is 1.45 bits per heavy atom. The zero-order chi connectivity index (χ0) is 38.1. The first kappa shape index (κ1) is 36.7. The molecule has 7 rings (SSSR count). The fourth-order valence-electron chi connectivity index (χ4n) is 7.26. The van der Waals surface area contributed by atoms with Crippen molar-refractivity contribution in [1.82, 2.24) is 29.7 Å². The average Bonchev–Trinajstić information content (AvgIpc) is 3.79. The number of fused-ring (bicyclic) bond motifs is 3. The van der Waals surface area contributed by atoms with E-state index in [2.05, 4.69) is 52.3 Å². The van der Waals surface area contributed by atoms with Crippen LogP contribution in [0.3, 0.4) is 0 Å². The molecule has 0 unspecified atom stereocenters. The van der Waals surface area contributed by atoms with Crippen molar-refractivity contribution in [2.75, 3.05) is 24.2 Å². The predicted molar refractivity (Wildman–Crippen MR) is 209 cm³/mol. The van der Waals surface area contributed by atoms with Gasteiger partial charge in [0.15, 0.2) is 9.84 Å². The summed E-state index contributed by atoms with van der Waals surface area (Å²) in [6.07, 6.45) is 1.54. The lowest BCUT2D eigenvalue weighted by atomic mass is 9.99. The molecule has 2 aromatic heterocycles. The van der Waals surface area contributed by atoms with Gasteiger partial charge in [0.1, 0.15) is 28.9 Å². The second kappa shape index (κ2) is 13.0. The number of nitrogens with one attached hydrogen (secondary N) is 2. The van der Waals surface area contributed by atoms with Gasteiger partial charge in [0.25, 0.3) is 0 Å². The van der Waals surface area contributed by atoms with Gasteiger partial charge in [0.05, 0.1) is 48.5 Å². The minimum atomic E-state index is -3.36. The largest absolute Gasteiger partial charge is 0.444 e. The van der Waals surface area contributed by atoms with Gasteiger partial charge in [-0.25, -0.2) is 28.0 Å². The monoisotopic (exact) mass is 756 g/mol. The molecule has 0 aliphatic carbocycles. The van der Waals surface area contributed by atoms with Crippen molar-refractivity contribution in [2.24, 2.45) is 0 Å². The molecule has 5 aromatic rings. The van der Waals surface area contributed by atoms with Gasteiger partial charge in [0.2, 0.25) is 0 Å². The molecule has 0 bridgehead atoms. The van der Waals surface area contributed by atoms with E-state index in [1.54, 1.807) is 27.0 Å². The van der Waals surface area contributed by atoms with Crippen LogP contribution in [0.25, 0.3) is 44.2 Å². The Bertz CT molecular complexity index is 2320. The van der Waals surface area contributed by atoms with Crippen molar-refractivity contribution in [3.63, 3.8) is 0 Å². The van der Waals surface area contributed by atoms with Gasteiger partial charge < -0.3 is 24.3 Å². The summed E-state index contributed by atoms with van der Waals surface area (Å²) >= 11 is 0. The highest BCUT2D eigenvalue weighted by Gasteiger charge is 2.45. The highest BCUT2D eigenvalue weighted by molar-refractivity contribution is 7.91. The normalized spacial score (nSPS) is 20.2. The molecular formula is C39H48N6O6SSi. The van der Waals surface area contributed by atoms with E-state index >= 15 is 0 Å². The molecule has 2 aliphatic rings. The van der Waals surface area contributed by atoms with Gasteiger partial charge in [-0.3, -0.25) is 4.90 Å². The molecule has 2 amide bonds. The number of amides is 2. The molecule has 53 heavy (non-hydrogen) atoms. The molecule has 0 radical (unpaired) electrons. The number of aromatic nitrogens is 4. The number of benzene rings is 3. The van der Waals surface area contributed by atoms with Gasteiger partial charge in [-0.15, -0.1) is 0 Å². The topological polar surface area (TPSA) is 151 Å². The maximum Gasteiger partial charge on any atom is 0.410 e. The lowest BCUT2D eigenvalue weighted by molar-refractivity contribution is 0.0172. The third-order valence-corrected chi connectivity index (χ3v) is 14.0. The summed E-state index contributed by atoms with van der Waals surface area (Å²) < 4.78 is 36.5. The minimum absolute atomic E-state index is 0.0401. The second-order valence-corrected chi connectivity index (χ2v) is 24.4. The van der Waals surface area contributed by atoms with E-state index < -0.39 is 41.2 Å². The lowest BCUT2D eigenvalue weighted by Crippen LogP contribution is -2.48. The lowest BCUT2D eigenvalue weighted by Gasteiger charge is -2.35. The van der Waals surface area contributed by atoms with Crippen molar-refractivity contribution in [2.45, 2.75) is 84.0 Å². The molecule has 0 spiro atoms. The number of imidazole rings is 2. The van der Waals surface area contributed by atoms with Gasteiger partial charge in [-0.05, 0) is 81.8 Å². The van der Waals surface area contributed by atoms with Crippen LogP contribution in [0.15, 0.2) is 60.8 Å². The molecule has 2 atom stereocenters. The molecule has 4 heterocycles. The van der Waals surface area contributed by atoms with Crippen molar-refractivity contribution in [3.05, 3.63) is 72.4 Å². The third kappa shape index (κ3) is 7.84. The van der Waals surface area contributed by atoms with Gasteiger partial charge in [-0.2, -0.15) is 0 Å². The molecule has 2 aliphatic heterocycles. The fourth-order valence-corrected chi connectivity index (χ4v) is 11.6. The number of ether oxygens (including phenoxy) is 2. The molecule has 280 valence electrons. The molecule has 2 N–H and O–H groups in total. The molecule has 2 saturated heterocycles. The number of aromatic amines is 2. The molecule has 12 nitrogen and oxygen atoms in total. The van der Waals surface area contributed by atoms with Crippen molar-refractivity contribution >= 4 is 51.9 Å². The molecule has 3 aromatic carbocycles. The van der Waals surface area contributed by atoms with Crippen LogP contribution in [0.2, 0.25) is 19.1 Å². The Morgan fingerprint density at radius 3 is 2.13 bits per heavy atom. The predicted octanol–water partition coefficient (Wildman–Crippen LogP) is 8.02. The summed E-state index contributed by atoms with van der Waals surface area (Å²) in [5, 5.41) is 2.12. The number of rotatable bonds is 4. The van der Waals surface area contributed by atoms with Crippen LogP contribution in [0.5, 0.6) is 0 Å². The molecule has 0 saturated carbocycles. The summed E-state index contributed by atoms with van der Waals surface area (Å²) in [6.45, 7) is 15.7. The summed E-state index contributed by atoms with van der Waals surface area (Å²) in [5.41, 5.74) is 4.19. The van der Waals surface area contributed by atoms with Crippen LogP contribution in [-0.2, 0) is 19.3 Å². The Labute approximate surface area is 311 Å². The quantitative estimate of drug-likeness (QED) is 0.175. The highest BCUT2D eigenvalue weighted by Crippen LogP contribution is 2.39. The van der Waals surface area contributed by atoms with Crippen molar-refractivity contribution in [1.29, 1.82) is 0 Å². The highest BCUT2D eigenvalue weighted by atomic mass is 32.2. The first-order valence-electron chi connectivity index (χ1n) is 18.0. The second-order valence-electron chi connectivity index (χ2n) is 17.1. The van der Waals surface area contributed by atoms with Gasteiger partial charge in [-0.1, -0.05) is 55.6 Å². The SMILES string of the molecule is CC(C)(C)OC(=O)N1CCS(=O)(=O)C[C@H]1c1ncc(-c2ccc(-c3ccc4c(ccc5nc([C@@H]6C[Si](C)(C)CN6C(=O)OC(C)(C)C)[nH]c54)c3)cc2)[nH]1. The Hall–Kier alpha value is -4.69. The number of hydrogen-bond donors (Lipinski definition) is 2. The van der Waals surface area contributed by atoms with Crippen molar-refractivity contribution < 1.29 is 27.5 Å². The number of H-pyrrole nitrogens is 2. The van der Waals surface area contributed by atoms with E-state index in [0.717, 1.165) is 56.5 Å². The van der Waals surface area contributed by atoms with Crippen LogP contribution in [-0.4, -0.2) is 93.8 Å². The maximum atomic E-state index is 13.2. The first-order valence-corrected chi connectivity index (χ1v) is 23.3. The Morgan fingerprint density at radius 1 is 0.811 bits per heavy atom. The Kier molecular flexibility index (Phi) is 9.00. The summed E-state index contributed by atoms with van der Waals surface area (Å²) in [6, 6.07) is 18.5. The first-order chi connectivity index (χ1) is 24.7. The zero-order valence-corrected chi connectivity index (χ0v) is 33.4. The van der Waals surface area contributed by atoms with Crippen LogP contribution in [0, 0.1) is 0 Å². The Balaban J connectivity index is 1.12. The summed E-state index contributed by atoms with van der Waals surface area (Å²) in [5.74, 6) is 0.852. The summed E-state index contributed by atoms with van der Waals surface area (Å²) in [4.78, 5) is 45.9. The minimum Gasteiger partial charge on any atom is -0.444 e. The van der Waals surface area contributed by atoms with E-state index in [-0.39, 0.29) is 30.2 Å². The maximum absolute atomic E-state index is 13.2. The van der Waals surface area contributed by atoms with E-state index in [9.17, 15) is 18.0 Å². The number of carbonyl (C=O) groups is 2. The number of carbonyl (C=O) groups excluding carboxylic acids is 2. The fraction of sp³-hybridized carbons (Fsp3) is 0.436. The number of sulfone groups is 1. The van der Waals surface area contributed by atoms with E-state index in [4.69, 9.17) is 14.5 Å². The van der Waals surface area contributed by atoms with Crippen LogP contribution in [0.1, 0.15) is 65.3 Å². The smallest absolute Gasteiger partial charge is 0.410 e. The average molecular weight is 757 g/mol. The number of hydrogen-bond acceptors (Lipinski definition) is 8. The molecule has 2 fully saturated rings. The zero-order valence-electron chi connectivity index (χ0n) is 31.6.